The Bertz CT molecular complexity index is 852. The topological polar surface area (TPSA) is 72.8 Å². The number of para-hydroxylation sites is 1. The molecular formula is C19H15N3O3. The monoisotopic (exact) mass is 333 g/mol. The Kier molecular flexibility index (Phi) is 5.35. The zero-order valence-corrected chi connectivity index (χ0v) is 13.2. The average Bonchev–Trinajstić information content (AvgIpc) is 2.64. The normalized spacial score (nSPS) is 10.4. The van der Waals surface area contributed by atoms with Crippen molar-refractivity contribution >= 4 is 18.0 Å². The first-order chi connectivity index (χ1) is 12.3. The summed E-state index contributed by atoms with van der Waals surface area (Å²) in [6.45, 7) is 0. The summed E-state index contributed by atoms with van der Waals surface area (Å²) >= 11 is 0. The quantitative estimate of drug-likeness (QED) is 0.425. The predicted octanol–water partition coefficient (Wildman–Crippen LogP) is 4.46. The molecule has 0 radical (unpaired) electrons. The molecule has 0 aliphatic carbocycles. The number of nitrogens with one attached hydrogen (secondary N) is 1. The molecule has 1 amide bonds. The Morgan fingerprint density at radius 3 is 2.64 bits per heavy atom. The molecule has 1 N–H and O–H groups in total. The molecule has 0 unspecified atom stereocenters. The van der Waals surface area contributed by atoms with Crippen LogP contribution in [0.25, 0.3) is 0 Å². The van der Waals surface area contributed by atoms with Crippen molar-refractivity contribution in [2.45, 2.75) is 0 Å². The lowest BCUT2D eigenvalue weighted by atomic mass is 10.3. The molecule has 0 saturated carbocycles. The second kappa shape index (κ2) is 8.26. The molecule has 0 fully saturated rings. The van der Waals surface area contributed by atoms with Gasteiger partial charge in [-0.3, -0.25) is 15.1 Å². The van der Waals surface area contributed by atoms with Crippen molar-refractivity contribution in [3.63, 3.8) is 0 Å². The number of anilines is 1. The Morgan fingerprint density at radius 2 is 1.84 bits per heavy atom. The summed E-state index contributed by atoms with van der Waals surface area (Å²) in [5, 5.41) is 6.20. The number of carbonyl (C=O) groups is 1. The second-order valence-corrected chi connectivity index (χ2v) is 4.97. The van der Waals surface area contributed by atoms with Gasteiger partial charge in [0.05, 0.1) is 6.21 Å². The van der Waals surface area contributed by atoms with Crippen LogP contribution in [0.1, 0.15) is 5.56 Å². The van der Waals surface area contributed by atoms with Crippen molar-refractivity contribution in [1.29, 1.82) is 0 Å². The minimum absolute atomic E-state index is 0.537. The van der Waals surface area contributed by atoms with Crippen LogP contribution in [0.4, 0.5) is 10.5 Å². The third kappa shape index (κ3) is 5.18. The number of hydrogen-bond donors (Lipinski definition) is 1. The zero-order chi connectivity index (χ0) is 17.3. The molecule has 1 heterocycles. The summed E-state index contributed by atoms with van der Waals surface area (Å²) in [6, 6.07) is 19.9. The smallest absolute Gasteiger partial charge is 0.437 e. The highest BCUT2D eigenvalue weighted by molar-refractivity contribution is 5.86. The number of ether oxygens (including phenoxy) is 1. The van der Waals surface area contributed by atoms with E-state index in [0.29, 0.717) is 17.2 Å². The molecule has 0 aliphatic rings. The van der Waals surface area contributed by atoms with Gasteiger partial charge in [-0.2, -0.15) is 0 Å². The molecule has 0 bridgehead atoms. The van der Waals surface area contributed by atoms with Crippen molar-refractivity contribution < 1.29 is 14.4 Å². The van der Waals surface area contributed by atoms with Gasteiger partial charge in [-0.05, 0) is 30.3 Å². The first-order valence-electron chi connectivity index (χ1n) is 7.54. The van der Waals surface area contributed by atoms with Crippen LogP contribution in [0.2, 0.25) is 0 Å². The average molecular weight is 333 g/mol. The van der Waals surface area contributed by atoms with E-state index in [-0.39, 0.29) is 0 Å². The summed E-state index contributed by atoms with van der Waals surface area (Å²) in [7, 11) is 0. The van der Waals surface area contributed by atoms with Gasteiger partial charge < -0.3 is 4.74 Å². The molecule has 0 aliphatic heterocycles. The molecule has 124 valence electrons. The molecule has 6 nitrogen and oxygen atoms in total. The maximum absolute atomic E-state index is 11.8. The van der Waals surface area contributed by atoms with Gasteiger partial charge in [0.1, 0.15) is 11.5 Å². The highest BCUT2D eigenvalue weighted by Crippen LogP contribution is 2.23. The van der Waals surface area contributed by atoms with E-state index in [1.165, 1.54) is 6.21 Å². The van der Waals surface area contributed by atoms with E-state index in [2.05, 4.69) is 15.5 Å². The Hall–Kier alpha value is -3.67. The number of pyridine rings is 1. The first-order valence-corrected chi connectivity index (χ1v) is 7.54. The second-order valence-electron chi connectivity index (χ2n) is 4.97. The molecule has 3 aromatic rings. The first kappa shape index (κ1) is 16.2. The highest BCUT2D eigenvalue weighted by Gasteiger charge is 2.04. The van der Waals surface area contributed by atoms with E-state index >= 15 is 0 Å². The Balaban J connectivity index is 1.56. The maximum Gasteiger partial charge on any atom is 0.437 e. The number of oxime groups is 1. The van der Waals surface area contributed by atoms with Gasteiger partial charge in [0, 0.05) is 29.7 Å². The molecule has 6 heteroatoms. The lowest BCUT2D eigenvalue weighted by Gasteiger charge is -2.07. The molecular weight excluding hydrogens is 318 g/mol. The number of carbonyl (C=O) groups excluding carboxylic acids is 1. The molecule has 2 aromatic carbocycles. The lowest BCUT2D eigenvalue weighted by Crippen LogP contribution is -2.10. The number of aromatic nitrogens is 1. The van der Waals surface area contributed by atoms with E-state index in [0.717, 1.165) is 5.56 Å². The number of hydrogen-bond acceptors (Lipinski definition) is 5. The number of amides is 1. The van der Waals surface area contributed by atoms with Gasteiger partial charge in [0.25, 0.3) is 0 Å². The van der Waals surface area contributed by atoms with Crippen LogP contribution < -0.4 is 10.1 Å². The van der Waals surface area contributed by atoms with Gasteiger partial charge in [-0.25, -0.2) is 4.79 Å². The van der Waals surface area contributed by atoms with Gasteiger partial charge in [0.15, 0.2) is 0 Å². The van der Waals surface area contributed by atoms with Crippen LogP contribution in [0, 0.1) is 0 Å². The number of nitrogens with zero attached hydrogens (tertiary/aromatic N) is 2. The van der Waals surface area contributed by atoms with Crippen molar-refractivity contribution in [1.82, 2.24) is 4.98 Å². The van der Waals surface area contributed by atoms with E-state index in [4.69, 9.17) is 9.57 Å². The zero-order valence-electron chi connectivity index (χ0n) is 13.2. The van der Waals surface area contributed by atoms with Crippen LogP contribution >= 0.6 is 0 Å². The van der Waals surface area contributed by atoms with Crippen LogP contribution in [-0.4, -0.2) is 17.3 Å². The number of rotatable bonds is 5. The Morgan fingerprint density at radius 1 is 1.00 bits per heavy atom. The SMILES string of the molecule is O=C(Nc1cccc(Oc2ccccc2)c1)O/N=C/c1cccnc1. The number of benzene rings is 2. The summed E-state index contributed by atoms with van der Waals surface area (Å²) in [5.74, 6) is 1.31. The summed E-state index contributed by atoms with van der Waals surface area (Å²) in [4.78, 5) is 20.5. The Labute approximate surface area is 144 Å². The third-order valence-electron chi connectivity index (χ3n) is 3.08. The minimum atomic E-state index is -0.697. The van der Waals surface area contributed by atoms with Crippen LogP contribution in [0.15, 0.2) is 84.3 Å². The van der Waals surface area contributed by atoms with Crippen molar-refractivity contribution in [2.75, 3.05) is 5.32 Å². The van der Waals surface area contributed by atoms with E-state index in [1.807, 2.05) is 30.3 Å². The van der Waals surface area contributed by atoms with Crippen LogP contribution in [0.5, 0.6) is 11.5 Å². The van der Waals surface area contributed by atoms with Crippen molar-refractivity contribution in [3.05, 3.63) is 84.7 Å². The predicted molar refractivity (Wildman–Crippen MR) is 94.9 cm³/mol. The standard InChI is InChI=1S/C19H15N3O3/c23-19(25-21-14-15-6-5-11-20-13-15)22-16-7-4-10-18(12-16)24-17-8-2-1-3-9-17/h1-14H,(H,22,23)/b21-14+. The molecule has 0 spiro atoms. The van der Waals surface area contributed by atoms with E-state index in [1.54, 1.807) is 48.8 Å². The fourth-order valence-corrected chi connectivity index (χ4v) is 1.99. The highest BCUT2D eigenvalue weighted by atomic mass is 16.7. The van der Waals surface area contributed by atoms with Crippen molar-refractivity contribution in [2.24, 2.45) is 5.16 Å². The van der Waals surface area contributed by atoms with Gasteiger partial charge in [-0.1, -0.05) is 35.5 Å². The molecule has 1 aromatic heterocycles. The van der Waals surface area contributed by atoms with E-state index < -0.39 is 6.09 Å². The molecule has 3 rings (SSSR count). The fourth-order valence-electron chi connectivity index (χ4n) is 1.99. The van der Waals surface area contributed by atoms with Gasteiger partial charge >= 0.3 is 6.09 Å². The van der Waals surface area contributed by atoms with Crippen molar-refractivity contribution in [3.8, 4) is 11.5 Å². The molecule has 0 saturated heterocycles. The van der Waals surface area contributed by atoms with E-state index in [9.17, 15) is 4.79 Å². The largest absolute Gasteiger partial charge is 0.457 e. The molecule has 0 atom stereocenters. The molecule has 25 heavy (non-hydrogen) atoms. The lowest BCUT2D eigenvalue weighted by molar-refractivity contribution is 0.167. The van der Waals surface area contributed by atoms with Crippen LogP contribution in [-0.2, 0) is 4.84 Å². The fraction of sp³-hybridized carbons (Fsp3) is 0. The van der Waals surface area contributed by atoms with Gasteiger partial charge in [0.2, 0.25) is 0 Å². The van der Waals surface area contributed by atoms with Crippen LogP contribution in [0.3, 0.4) is 0 Å². The minimum Gasteiger partial charge on any atom is -0.457 e. The summed E-state index contributed by atoms with van der Waals surface area (Å²) in [5.41, 5.74) is 1.27. The summed E-state index contributed by atoms with van der Waals surface area (Å²) < 4.78 is 5.71. The van der Waals surface area contributed by atoms with Gasteiger partial charge in [-0.15, -0.1) is 0 Å². The summed E-state index contributed by atoms with van der Waals surface area (Å²) in [6.07, 6.45) is 3.96. The third-order valence-corrected chi connectivity index (χ3v) is 3.08. The maximum atomic E-state index is 11.8.